The first kappa shape index (κ1) is 11.7. The van der Waals surface area contributed by atoms with Crippen LogP contribution in [-0.2, 0) is 17.8 Å². The minimum Gasteiger partial charge on any atom is -0.467 e. The van der Waals surface area contributed by atoms with E-state index < -0.39 is 0 Å². The van der Waals surface area contributed by atoms with E-state index in [1.54, 1.807) is 29.7 Å². The Labute approximate surface area is 103 Å². The quantitative estimate of drug-likeness (QED) is 0.894. The minimum atomic E-state index is -0.00769. The zero-order chi connectivity index (χ0) is 12.3. The number of nitrogens with two attached hydrogens (primary N) is 1. The van der Waals surface area contributed by atoms with Crippen molar-refractivity contribution in [3.05, 3.63) is 35.2 Å². The van der Waals surface area contributed by atoms with Crippen molar-refractivity contribution in [3.8, 4) is 0 Å². The highest BCUT2D eigenvalue weighted by Crippen LogP contribution is 2.12. The SMILES string of the molecule is CN(Cc1ccco1)C(=O)Cc1csc(N)n1. The molecule has 2 aromatic rings. The third-order valence-electron chi connectivity index (χ3n) is 2.30. The number of furan rings is 1. The van der Waals surface area contributed by atoms with E-state index in [2.05, 4.69) is 4.98 Å². The maximum absolute atomic E-state index is 11.9. The predicted octanol–water partition coefficient (Wildman–Crippen LogP) is 1.52. The first-order chi connectivity index (χ1) is 8.15. The molecule has 5 nitrogen and oxygen atoms in total. The molecule has 6 heteroatoms. The van der Waals surface area contributed by atoms with Crippen LogP contribution in [0.3, 0.4) is 0 Å². The number of amides is 1. The van der Waals surface area contributed by atoms with Gasteiger partial charge in [-0.1, -0.05) is 0 Å². The Morgan fingerprint density at radius 2 is 2.47 bits per heavy atom. The molecule has 0 fully saturated rings. The number of hydrogen-bond acceptors (Lipinski definition) is 5. The van der Waals surface area contributed by atoms with Gasteiger partial charge in [0.2, 0.25) is 5.91 Å². The van der Waals surface area contributed by atoms with Gasteiger partial charge in [0.15, 0.2) is 5.13 Å². The van der Waals surface area contributed by atoms with E-state index >= 15 is 0 Å². The molecule has 0 saturated heterocycles. The summed E-state index contributed by atoms with van der Waals surface area (Å²) in [6.07, 6.45) is 1.86. The Kier molecular flexibility index (Phi) is 3.43. The van der Waals surface area contributed by atoms with Gasteiger partial charge in [0.05, 0.1) is 24.9 Å². The fraction of sp³-hybridized carbons (Fsp3) is 0.273. The molecule has 90 valence electrons. The number of hydrogen-bond donors (Lipinski definition) is 1. The number of carbonyl (C=O) groups excluding carboxylic acids is 1. The summed E-state index contributed by atoms with van der Waals surface area (Å²) >= 11 is 1.34. The molecule has 1 amide bonds. The number of nitrogens with zero attached hydrogens (tertiary/aromatic N) is 2. The molecule has 0 atom stereocenters. The summed E-state index contributed by atoms with van der Waals surface area (Å²) < 4.78 is 5.18. The van der Waals surface area contributed by atoms with Crippen LogP contribution in [0, 0.1) is 0 Å². The molecule has 0 aliphatic rings. The van der Waals surface area contributed by atoms with Gasteiger partial charge in [0, 0.05) is 12.4 Å². The van der Waals surface area contributed by atoms with Gasteiger partial charge in [-0.15, -0.1) is 11.3 Å². The summed E-state index contributed by atoms with van der Waals surface area (Å²) in [7, 11) is 1.74. The molecule has 2 rings (SSSR count). The smallest absolute Gasteiger partial charge is 0.228 e. The molecule has 2 heterocycles. The highest BCUT2D eigenvalue weighted by atomic mass is 32.1. The molecule has 0 spiro atoms. The summed E-state index contributed by atoms with van der Waals surface area (Å²) in [4.78, 5) is 17.5. The lowest BCUT2D eigenvalue weighted by Gasteiger charge is -2.14. The topological polar surface area (TPSA) is 72.4 Å². The number of rotatable bonds is 4. The van der Waals surface area contributed by atoms with Crippen LogP contribution in [0.25, 0.3) is 0 Å². The third kappa shape index (κ3) is 3.07. The molecule has 0 bridgehead atoms. The lowest BCUT2D eigenvalue weighted by Crippen LogP contribution is -2.27. The van der Waals surface area contributed by atoms with Gasteiger partial charge in [-0.05, 0) is 12.1 Å². The maximum Gasteiger partial charge on any atom is 0.228 e. The fourth-order valence-electron chi connectivity index (χ4n) is 1.42. The molecule has 0 saturated carbocycles. The van der Waals surface area contributed by atoms with E-state index in [-0.39, 0.29) is 12.3 Å². The number of nitrogen functional groups attached to an aromatic ring is 1. The Morgan fingerprint density at radius 1 is 1.65 bits per heavy atom. The number of thiazole rings is 1. The van der Waals surface area contributed by atoms with E-state index in [0.29, 0.717) is 17.4 Å². The molecule has 0 aromatic carbocycles. The van der Waals surface area contributed by atoms with E-state index in [0.717, 1.165) is 5.76 Å². The Bertz CT molecular complexity index is 493. The first-order valence-electron chi connectivity index (χ1n) is 5.11. The van der Waals surface area contributed by atoms with Crippen molar-refractivity contribution in [3.63, 3.8) is 0 Å². The predicted molar refractivity (Wildman–Crippen MR) is 65.4 cm³/mol. The Hall–Kier alpha value is -1.82. The van der Waals surface area contributed by atoms with Crippen LogP contribution in [0.15, 0.2) is 28.2 Å². The second kappa shape index (κ2) is 5.01. The average molecular weight is 251 g/mol. The molecule has 0 aliphatic carbocycles. The highest BCUT2D eigenvalue weighted by molar-refractivity contribution is 7.13. The van der Waals surface area contributed by atoms with Gasteiger partial charge in [-0.2, -0.15) is 0 Å². The van der Waals surface area contributed by atoms with Crippen molar-refractivity contribution < 1.29 is 9.21 Å². The number of aromatic nitrogens is 1. The van der Waals surface area contributed by atoms with E-state index in [1.165, 1.54) is 11.3 Å². The van der Waals surface area contributed by atoms with Crippen LogP contribution in [0.5, 0.6) is 0 Å². The lowest BCUT2D eigenvalue weighted by molar-refractivity contribution is -0.129. The Balaban J connectivity index is 1.91. The van der Waals surface area contributed by atoms with Crippen LogP contribution in [-0.4, -0.2) is 22.8 Å². The standard InChI is InChI=1S/C11H13N3O2S/c1-14(6-9-3-2-4-16-9)10(15)5-8-7-17-11(12)13-8/h2-4,7H,5-6H2,1H3,(H2,12,13). The van der Waals surface area contributed by atoms with Crippen molar-refractivity contribution in [1.29, 1.82) is 0 Å². The molecule has 0 radical (unpaired) electrons. The van der Waals surface area contributed by atoms with Gasteiger partial charge in [-0.25, -0.2) is 4.98 Å². The Morgan fingerprint density at radius 3 is 3.06 bits per heavy atom. The first-order valence-corrected chi connectivity index (χ1v) is 5.99. The van der Waals surface area contributed by atoms with Gasteiger partial charge >= 0.3 is 0 Å². The molecular weight excluding hydrogens is 238 g/mol. The van der Waals surface area contributed by atoms with Crippen molar-refractivity contribution >= 4 is 22.4 Å². The van der Waals surface area contributed by atoms with Crippen molar-refractivity contribution in [1.82, 2.24) is 9.88 Å². The van der Waals surface area contributed by atoms with Crippen molar-refractivity contribution in [2.45, 2.75) is 13.0 Å². The molecular formula is C11H13N3O2S. The summed E-state index contributed by atoms with van der Waals surface area (Å²) in [5.74, 6) is 0.755. The summed E-state index contributed by atoms with van der Waals surface area (Å²) in [6.45, 7) is 0.464. The number of carbonyl (C=O) groups is 1. The largest absolute Gasteiger partial charge is 0.467 e. The normalized spacial score (nSPS) is 10.4. The summed E-state index contributed by atoms with van der Waals surface area (Å²) in [6, 6.07) is 3.64. The van der Waals surface area contributed by atoms with Gasteiger partial charge in [0.1, 0.15) is 5.76 Å². The third-order valence-corrected chi connectivity index (χ3v) is 3.02. The summed E-state index contributed by atoms with van der Waals surface area (Å²) in [5, 5.41) is 2.29. The van der Waals surface area contributed by atoms with Gasteiger partial charge in [0.25, 0.3) is 0 Å². The van der Waals surface area contributed by atoms with Gasteiger partial charge in [-0.3, -0.25) is 4.79 Å². The molecule has 17 heavy (non-hydrogen) atoms. The zero-order valence-electron chi connectivity index (χ0n) is 9.42. The second-order valence-corrected chi connectivity index (χ2v) is 4.57. The van der Waals surface area contributed by atoms with Crippen LogP contribution >= 0.6 is 11.3 Å². The van der Waals surface area contributed by atoms with Crippen LogP contribution < -0.4 is 5.73 Å². The van der Waals surface area contributed by atoms with Crippen molar-refractivity contribution in [2.75, 3.05) is 12.8 Å². The average Bonchev–Trinajstić information content (AvgIpc) is 2.90. The fourth-order valence-corrected chi connectivity index (χ4v) is 1.98. The molecule has 2 N–H and O–H groups in total. The zero-order valence-corrected chi connectivity index (χ0v) is 10.2. The van der Waals surface area contributed by atoms with Gasteiger partial charge < -0.3 is 15.1 Å². The second-order valence-electron chi connectivity index (χ2n) is 3.68. The van der Waals surface area contributed by atoms with Crippen molar-refractivity contribution in [2.24, 2.45) is 0 Å². The number of likely N-dealkylation sites (N-methyl/N-ethyl adjacent to an activating group) is 1. The minimum absolute atomic E-state index is 0.00769. The molecule has 0 unspecified atom stereocenters. The monoisotopic (exact) mass is 251 g/mol. The summed E-state index contributed by atoms with van der Waals surface area (Å²) in [5.41, 5.74) is 6.22. The van der Waals surface area contributed by atoms with E-state index in [1.807, 2.05) is 6.07 Å². The highest BCUT2D eigenvalue weighted by Gasteiger charge is 2.12. The lowest BCUT2D eigenvalue weighted by atomic mass is 10.3. The maximum atomic E-state index is 11.9. The van der Waals surface area contributed by atoms with Crippen LogP contribution in [0.2, 0.25) is 0 Å². The molecule has 2 aromatic heterocycles. The number of anilines is 1. The van der Waals surface area contributed by atoms with E-state index in [9.17, 15) is 4.79 Å². The van der Waals surface area contributed by atoms with Crippen LogP contribution in [0.4, 0.5) is 5.13 Å². The molecule has 0 aliphatic heterocycles. The van der Waals surface area contributed by atoms with Crippen LogP contribution in [0.1, 0.15) is 11.5 Å². The van der Waals surface area contributed by atoms with E-state index in [4.69, 9.17) is 10.2 Å².